The molecule has 0 aromatic heterocycles. The molecule has 1 aromatic rings. The maximum absolute atomic E-state index is 10.5. The molecule has 1 aromatic carbocycles. The van der Waals surface area contributed by atoms with Crippen LogP contribution in [-0.4, -0.2) is 22.6 Å². The van der Waals surface area contributed by atoms with Crippen molar-refractivity contribution in [2.75, 3.05) is 6.61 Å². The lowest BCUT2D eigenvalue weighted by Crippen LogP contribution is -2.05. The first kappa shape index (κ1) is 12.0. The Morgan fingerprint density at radius 1 is 1.56 bits per heavy atom. The first-order valence-electron chi connectivity index (χ1n) is 4.60. The number of hydrogen-bond donors (Lipinski definition) is 1. The zero-order valence-corrected chi connectivity index (χ0v) is 8.67. The maximum atomic E-state index is 10.5. The van der Waals surface area contributed by atoms with E-state index in [1.165, 1.54) is 12.1 Å². The second-order valence-electron chi connectivity index (χ2n) is 3.20. The molecule has 0 bridgehead atoms. The third-order valence-corrected chi connectivity index (χ3v) is 1.96. The molecule has 0 saturated heterocycles. The van der Waals surface area contributed by atoms with Crippen LogP contribution in [0.15, 0.2) is 18.2 Å². The topological polar surface area (TPSA) is 89.7 Å². The van der Waals surface area contributed by atoms with E-state index in [0.717, 1.165) is 5.56 Å². The van der Waals surface area contributed by atoms with Crippen LogP contribution in [0.2, 0.25) is 0 Å². The molecule has 0 radical (unpaired) electrons. The lowest BCUT2D eigenvalue weighted by molar-refractivity contribution is -0.384. The number of carboxylic acid groups (broad SMARTS) is 1. The van der Waals surface area contributed by atoms with Gasteiger partial charge >= 0.3 is 5.97 Å². The Hall–Kier alpha value is -2.11. The van der Waals surface area contributed by atoms with Crippen molar-refractivity contribution in [2.24, 2.45) is 0 Å². The molecule has 0 heterocycles. The molecule has 0 fully saturated rings. The molecule has 0 amide bonds. The average molecular weight is 225 g/mol. The standard InChI is InChI=1S/C10H11NO5/c1-7-2-3-8(11(14)15)6-9(7)16-5-4-10(12)13/h2-3,6H,4-5H2,1H3,(H,12,13). The largest absolute Gasteiger partial charge is 0.492 e. The Morgan fingerprint density at radius 3 is 2.81 bits per heavy atom. The number of rotatable bonds is 5. The van der Waals surface area contributed by atoms with Gasteiger partial charge in [0.05, 0.1) is 24.0 Å². The van der Waals surface area contributed by atoms with Crippen LogP contribution in [0.25, 0.3) is 0 Å². The Bertz CT molecular complexity index is 416. The fourth-order valence-corrected chi connectivity index (χ4v) is 1.11. The van der Waals surface area contributed by atoms with E-state index in [4.69, 9.17) is 9.84 Å². The van der Waals surface area contributed by atoms with Crippen LogP contribution in [0.3, 0.4) is 0 Å². The highest BCUT2D eigenvalue weighted by molar-refractivity contribution is 5.66. The Kier molecular flexibility index (Phi) is 3.82. The molecule has 1 N–H and O–H groups in total. The predicted molar refractivity (Wildman–Crippen MR) is 55.6 cm³/mol. The number of ether oxygens (including phenoxy) is 1. The van der Waals surface area contributed by atoms with E-state index in [2.05, 4.69) is 0 Å². The number of nitro groups is 1. The van der Waals surface area contributed by atoms with Crippen LogP contribution in [0, 0.1) is 17.0 Å². The van der Waals surface area contributed by atoms with Crippen LogP contribution < -0.4 is 4.74 Å². The second-order valence-corrected chi connectivity index (χ2v) is 3.20. The summed E-state index contributed by atoms with van der Waals surface area (Å²) in [5, 5.41) is 18.9. The van der Waals surface area contributed by atoms with Crippen molar-refractivity contribution in [3.05, 3.63) is 33.9 Å². The predicted octanol–water partition coefficient (Wildman–Crippen LogP) is 1.76. The van der Waals surface area contributed by atoms with Crippen molar-refractivity contribution in [3.8, 4) is 5.75 Å². The van der Waals surface area contributed by atoms with Crippen LogP contribution >= 0.6 is 0 Å². The normalized spacial score (nSPS) is 9.81. The van der Waals surface area contributed by atoms with Crippen LogP contribution in [0.1, 0.15) is 12.0 Å². The van der Waals surface area contributed by atoms with Crippen LogP contribution in [0.5, 0.6) is 5.75 Å². The molecule has 0 atom stereocenters. The first-order valence-corrected chi connectivity index (χ1v) is 4.60. The number of carboxylic acids is 1. The molecule has 86 valence electrons. The highest BCUT2D eigenvalue weighted by Gasteiger charge is 2.09. The summed E-state index contributed by atoms with van der Waals surface area (Å²) in [5.41, 5.74) is 0.659. The number of carbonyl (C=O) groups is 1. The summed E-state index contributed by atoms with van der Waals surface area (Å²) in [4.78, 5) is 20.2. The highest BCUT2D eigenvalue weighted by atomic mass is 16.6. The molecule has 0 aliphatic carbocycles. The molecule has 0 unspecified atom stereocenters. The number of non-ortho nitro benzene ring substituents is 1. The van der Waals surface area contributed by atoms with Gasteiger partial charge in [0.2, 0.25) is 0 Å². The first-order chi connectivity index (χ1) is 7.50. The Balaban J connectivity index is 2.74. The summed E-state index contributed by atoms with van der Waals surface area (Å²) in [5.74, 6) is -0.626. The lowest BCUT2D eigenvalue weighted by Gasteiger charge is -2.07. The van der Waals surface area contributed by atoms with Gasteiger partial charge in [0, 0.05) is 6.07 Å². The molecule has 0 aliphatic rings. The number of aryl methyl sites for hydroxylation is 1. The van der Waals surface area contributed by atoms with Gasteiger partial charge < -0.3 is 9.84 Å². The number of benzene rings is 1. The SMILES string of the molecule is Cc1ccc([N+](=O)[O-])cc1OCCC(=O)O. The maximum Gasteiger partial charge on any atom is 0.306 e. The minimum Gasteiger partial charge on any atom is -0.492 e. The molecular formula is C10H11NO5. The van der Waals surface area contributed by atoms with Gasteiger partial charge in [-0.05, 0) is 18.6 Å². The van der Waals surface area contributed by atoms with Gasteiger partial charge in [-0.3, -0.25) is 14.9 Å². The van der Waals surface area contributed by atoms with Gasteiger partial charge in [-0.25, -0.2) is 0 Å². The van der Waals surface area contributed by atoms with E-state index in [0.29, 0.717) is 5.75 Å². The summed E-state index contributed by atoms with van der Waals surface area (Å²) in [7, 11) is 0. The molecule has 1 rings (SSSR count). The third kappa shape index (κ3) is 3.23. The molecule has 6 heteroatoms. The molecule has 0 spiro atoms. The van der Waals surface area contributed by atoms with Crippen molar-refractivity contribution in [1.82, 2.24) is 0 Å². The highest BCUT2D eigenvalue weighted by Crippen LogP contribution is 2.23. The van der Waals surface area contributed by atoms with Gasteiger partial charge in [0.1, 0.15) is 5.75 Å². The van der Waals surface area contributed by atoms with E-state index in [1.54, 1.807) is 13.0 Å². The van der Waals surface area contributed by atoms with E-state index >= 15 is 0 Å². The third-order valence-electron chi connectivity index (χ3n) is 1.96. The molecular weight excluding hydrogens is 214 g/mol. The summed E-state index contributed by atoms with van der Waals surface area (Å²) >= 11 is 0. The van der Waals surface area contributed by atoms with Gasteiger partial charge in [-0.1, -0.05) is 0 Å². The summed E-state index contributed by atoms with van der Waals surface area (Å²) < 4.78 is 5.15. The van der Waals surface area contributed by atoms with Gasteiger partial charge in [-0.2, -0.15) is 0 Å². The van der Waals surface area contributed by atoms with Gasteiger partial charge in [0.15, 0.2) is 0 Å². The fraction of sp³-hybridized carbons (Fsp3) is 0.300. The van der Waals surface area contributed by atoms with Gasteiger partial charge in [0.25, 0.3) is 5.69 Å². The van der Waals surface area contributed by atoms with Crippen molar-refractivity contribution >= 4 is 11.7 Å². The minimum absolute atomic E-state index is 0.00264. The van der Waals surface area contributed by atoms with E-state index in [1.807, 2.05) is 0 Å². The van der Waals surface area contributed by atoms with Gasteiger partial charge in [-0.15, -0.1) is 0 Å². The average Bonchev–Trinajstić information content (AvgIpc) is 2.20. The zero-order valence-electron chi connectivity index (χ0n) is 8.67. The Labute approximate surface area is 91.6 Å². The van der Waals surface area contributed by atoms with Crippen LogP contribution in [-0.2, 0) is 4.79 Å². The second kappa shape index (κ2) is 5.11. The molecule has 0 aliphatic heterocycles. The number of nitro benzene ring substituents is 1. The zero-order chi connectivity index (χ0) is 12.1. The van der Waals surface area contributed by atoms with E-state index < -0.39 is 10.9 Å². The number of aliphatic carboxylic acids is 1. The summed E-state index contributed by atoms with van der Waals surface area (Å²) in [6.07, 6.45) is -0.137. The van der Waals surface area contributed by atoms with E-state index in [-0.39, 0.29) is 18.7 Å². The van der Waals surface area contributed by atoms with Crippen molar-refractivity contribution in [1.29, 1.82) is 0 Å². The molecule has 16 heavy (non-hydrogen) atoms. The smallest absolute Gasteiger partial charge is 0.306 e. The summed E-state index contributed by atoms with van der Waals surface area (Å²) in [6.45, 7) is 1.73. The number of nitrogens with zero attached hydrogens (tertiary/aromatic N) is 1. The van der Waals surface area contributed by atoms with Crippen molar-refractivity contribution < 1.29 is 19.6 Å². The fourth-order valence-electron chi connectivity index (χ4n) is 1.11. The summed E-state index contributed by atoms with van der Waals surface area (Å²) in [6, 6.07) is 4.23. The number of hydrogen-bond acceptors (Lipinski definition) is 4. The van der Waals surface area contributed by atoms with Crippen molar-refractivity contribution in [3.63, 3.8) is 0 Å². The quantitative estimate of drug-likeness (QED) is 0.609. The lowest BCUT2D eigenvalue weighted by atomic mass is 10.2. The van der Waals surface area contributed by atoms with Crippen LogP contribution in [0.4, 0.5) is 5.69 Å². The Morgan fingerprint density at radius 2 is 2.25 bits per heavy atom. The van der Waals surface area contributed by atoms with Crippen molar-refractivity contribution in [2.45, 2.75) is 13.3 Å². The molecule has 6 nitrogen and oxygen atoms in total. The minimum atomic E-state index is -0.969. The van der Waals surface area contributed by atoms with E-state index in [9.17, 15) is 14.9 Å². The molecule has 0 saturated carbocycles. The monoisotopic (exact) mass is 225 g/mol.